The fraction of sp³-hybridized carbons (Fsp3) is 0.118. The van der Waals surface area contributed by atoms with E-state index in [0.717, 1.165) is 27.6 Å². The number of nitrogens with zero attached hydrogens (tertiary/aromatic N) is 1. The van der Waals surface area contributed by atoms with Crippen molar-refractivity contribution in [3.8, 4) is 11.1 Å². The highest BCUT2D eigenvalue weighted by Crippen LogP contribution is 2.27. The lowest BCUT2D eigenvalue weighted by atomic mass is 9.98. The first kappa shape index (κ1) is 12.8. The third kappa shape index (κ3) is 2.40. The molecule has 1 heterocycles. The van der Waals surface area contributed by atoms with Gasteiger partial charge in [0.25, 0.3) is 0 Å². The van der Waals surface area contributed by atoms with Crippen LogP contribution in [0.3, 0.4) is 0 Å². The van der Waals surface area contributed by atoms with Gasteiger partial charge < -0.3 is 5.32 Å². The maximum Gasteiger partial charge on any atom is 0.123 e. The predicted molar refractivity (Wildman–Crippen MR) is 79.9 cm³/mol. The molecule has 0 bridgehead atoms. The molecule has 0 aliphatic rings. The van der Waals surface area contributed by atoms with Crippen LogP contribution in [0.1, 0.15) is 5.56 Å². The molecule has 0 atom stereocenters. The SMILES string of the molecule is CNCc1cc(F)ccc1-c1ccc2ncccc2c1. The summed E-state index contributed by atoms with van der Waals surface area (Å²) >= 11 is 0. The number of rotatable bonds is 3. The van der Waals surface area contributed by atoms with Crippen LogP contribution in [0.25, 0.3) is 22.0 Å². The molecule has 20 heavy (non-hydrogen) atoms. The van der Waals surface area contributed by atoms with Gasteiger partial charge in [-0.2, -0.15) is 0 Å². The lowest BCUT2D eigenvalue weighted by Crippen LogP contribution is -2.06. The van der Waals surface area contributed by atoms with Gasteiger partial charge in [-0.3, -0.25) is 4.98 Å². The minimum atomic E-state index is -0.207. The van der Waals surface area contributed by atoms with Gasteiger partial charge in [0.05, 0.1) is 5.52 Å². The molecule has 1 aromatic heterocycles. The fourth-order valence-corrected chi connectivity index (χ4v) is 2.42. The Labute approximate surface area is 117 Å². The molecule has 0 amide bonds. The highest BCUT2D eigenvalue weighted by molar-refractivity contribution is 5.84. The van der Waals surface area contributed by atoms with E-state index in [4.69, 9.17) is 0 Å². The van der Waals surface area contributed by atoms with Crippen molar-refractivity contribution >= 4 is 10.9 Å². The number of pyridine rings is 1. The van der Waals surface area contributed by atoms with Crippen LogP contribution in [0.4, 0.5) is 4.39 Å². The Morgan fingerprint density at radius 1 is 1.10 bits per heavy atom. The monoisotopic (exact) mass is 266 g/mol. The average molecular weight is 266 g/mol. The molecule has 0 saturated heterocycles. The molecule has 2 aromatic carbocycles. The number of nitrogens with one attached hydrogen (secondary N) is 1. The minimum Gasteiger partial charge on any atom is -0.316 e. The molecule has 2 nitrogen and oxygen atoms in total. The van der Waals surface area contributed by atoms with Crippen molar-refractivity contribution in [2.45, 2.75) is 6.54 Å². The molecule has 0 aliphatic carbocycles. The van der Waals surface area contributed by atoms with Crippen LogP contribution in [0.15, 0.2) is 54.7 Å². The quantitative estimate of drug-likeness (QED) is 0.780. The molecule has 0 saturated carbocycles. The summed E-state index contributed by atoms with van der Waals surface area (Å²) in [5, 5.41) is 4.17. The zero-order chi connectivity index (χ0) is 13.9. The molecule has 0 unspecified atom stereocenters. The molecule has 1 N–H and O–H groups in total. The van der Waals surface area contributed by atoms with E-state index in [1.54, 1.807) is 12.3 Å². The predicted octanol–water partition coefficient (Wildman–Crippen LogP) is 3.76. The number of hydrogen-bond acceptors (Lipinski definition) is 2. The molecule has 3 heteroatoms. The highest BCUT2D eigenvalue weighted by atomic mass is 19.1. The molecule has 100 valence electrons. The van der Waals surface area contributed by atoms with Crippen LogP contribution in [-0.4, -0.2) is 12.0 Å². The summed E-state index contributed by atoms with van der Waals surface area (Å²) in [5.74, 6) is -0.207. The zero-order valence-electron chi connectivity index (χ0n) is 11.2. The lowest BCUT2D eigenvalue weighted by Gasteiger charge is -2.10. The minimum absolute atomic E-state index is 0.207. The van der Waals surface area contributed by atoms with E-state index in [0.29, 0.717) is 6.54 Å². The Morgan fingerprint density at radius 3 is 2.85 bits per heavy atom. The van der Waals surface area contributed by atoms with Gasteiger partial charge >= 0.3 is 0 Å². The second kappa shape index (κ2) is 5.39. The van der Waals surface area contributed by atoms with Crippen molar-refractivity contribution in [3.05, 3.63) is 66.1 Å². The van der Waals surface area contributed by atoms with Crippen LogP contribution >= 0.6 is 0 Å². The normalized spacial score (nSPS) is 10.9. The van der Waals surface area contributed by atoms with Crippen LogP contribution in [0.5, 0.6) is 0 Å². The number of benzene rings is 2. The van der Waals surface area contributed by atoms with E-state index >= 15 is 0 Å². The molecule has 3 rings (SSSR count). The summed E-state index contributed by atoms with van der Waals surface area (Å²) in [4.78, 5) is 4.32. The smallest absolute Gasteiger partial charge is 0.123 e. The van der Waals surface area contributed by atoms with Crippen LogP contribution < -0.4 is 5.32 Å². The first-order chi connectivity index (χ1) is 9.78. The first-order valence-electron chi connectivity index (χ1n) is 6.56. The van der Waals surface area contributed by atoms with Gasteiger partial charge in [-0.1, -0.05) is 18.2 Å². The summed E-state index contributed by atoms with van der Waals surface area (Å²) in [6, 6.07) is 15.0. The largest absolute Gasteiger partial charge is 0.316 e. The van der Waals surface area contributed by atoms with Gasteiger partial charge in [-0.25, -0.2) is 4.39 Å². The Hall–Kier alpha value is -2.26. The van der Waals surface area contributed by atoms with Crippen LogP contribution in [0, 0.1) is 5.82 Å². The Morgan fingerprint density at radius 2 is 2.00 bits per heavy atom. The lowest BCUT2D eigenvalue weighted by molar-refractivity contribution is 0.624. The molecule has 3 aromatic rings. The molecule has 0 spiro atoms. The second-order valence-corrected chi connectivity index (χ2v) is 4.74. The maximum atomic E-state index is 13.4. The fourth-order valence-electron chi connectivity index (χ4n) is 2.42. The highest BCUT2D eigenvalue weighted by Gasteiger charge is 2.07. The van der Waals surface area contributed by atoms with Gasteiger partial charge in [0.15, 0.2) is 0 Å². The summed E-state index contributed by atoms with van der Waals surface area (Å²) in [7, 11) is 1.86. The van der Waals surface area contributed by atoms with E-state index in [1.165, 1.54) is 6.07 Å². The molecule has 0 fully saturated rings. The standard InChI is InChI=1S/C17H15FN2/c1-19-11-14-10-15(18)5-6-16(14)12-4-7-17-13(9-12)3-2-8-20-17/h2-10,19H,11H2,1H3. The molecule has 0 aliphatic heterocycles. The van der Waals surface area contributed by atoms with Gasteiger partial charge in [0, 0.05) is 18.1 Å². The maximum absolute atomic E-state index is 13.4. The van der Waals surface area contributed by atoms with E-state index < -0.39 is 0 Å². The number of fused-ring (bicyclic) bond motifs is 1. The second-order valence-electron chi connectivity index (χ2n) is 4.74. The van der Waals surface area contributed by atoms with Gasteiger partial charge in [0.2, 0.25) is 0 Å². The van der Waals surface area contributed by atoms with Gasteiger partial charge in [0.1, 0.15) is 5.82 Å². The van der Waals surface area contributed by atoms with E-state index in [-0.39, 0.29) is 5.82 Å². The average Bonchev–Trinajstić information content (AvgIpc) is 2.47. The number of hydrogen-bond donors (Lipinski definition) is 1. The third-order valence-electron chi connectivity index (χ3n) is 3.35. The van der Waals surface area contributed by atoms with E-state index in [2.05, 4.69) is 16.4 Å². The van der Waals surface area contributed by atoms with E-state index in [1.807, 2.05) is 37.4 Å². The first-order valence-corrected chi connectivity index (χ1v) is 6.56. The molecule has 0 radical (unpaired) electrons. The summed E-state index contributed by atoms with van der Waals surface area (Å²) in [5.41, 5.74) is 4.05. The van der Waals surface area contributed by atoms with Crippen molar-refractivity contribution in [1.82, 2.24) is 10.3 Å². The third-order valence-corrected chi connectivity index (χ3v) is 3.35. The summed E-state index contributed by atoms with van der Waals surface area (Å²) in [6.07, 6.45) is 1.78. The summed E-state index contributed by atoms with van der Waals surface area (Å²) < 4.78 is 13.4. The van der Waals surface area contributed by atoms with Crippen molar-refractivity contribution in [2.75, 3.05) is 7.05 Å². The topological polar surface area (TPSA) is 24.9 Å². The van der Waals surface area contributed by atoms with Gasteiger partial charge in [-0.15, -0.1) is 0 Å². The Bertz CT molecular complexity index is 753. The number of aromatic nitrogens is 1. The van der Waals surface area contributed by atoms with E-state index in [9.17, 15) is 4.39 Å². The Balaban J connectivity index is 2.14. The summed E-state index contributed by atoms with van der Waals surface area (Å²) in [6.45, 7) is 0.637. The molecular formula is C17H15FN2. The van der Waals surface area contributed by atoms with Crippen molar-refractivity contribution in [1.29, 1.82) is 0 Å². The van der Waals surface area contributed by atoms with Crippen molar-refractivity contribution in [2.24, 2.45) is 0 Å². The van der Waals surface area contributed by atoms with Crippen molar-refractivity contribution < 1.29 is 4.39 Å². The zero-order valence-corrected chi connectivity index (χ0v) is 11.2. The van der Waals surface area contributed by atoms with Crippen molar-refractivity contribution in [3.63, 3.8) is 0 Å². The Kier molecular flexibility index (Phi) is 3.44. The van der Waals surface area contributed by atoms with Gasteiger partial charge in [-0.05, 0) is 54.1 Å². The van der Waals surface area contributed by atoms with Crippen LogP contribution in [-0.2, 0) is 6.54 Å². The molecular weight excluding hydrogens is 251 g/mol. The number of halogens is 1. The van der Waals surface area contributed by atoms with Crippen LogP contribution in [0.2, 0.25) is 0 Å².